The van der Waals surface area contributed by atoms with E-state index >= 15 is 0 Å². The Labute approximate surface area is 94.4 Å². The van der Waals surface area contributed by atoms with Crippen molar-refractivity contribution in [3.05, 3.63) is 0 Å². The number of piperidine rings is 1. The maximum absolute atomic E-state index is 5.26. The molecule has 1 aliphatic rings. The summed E-state index contributed by atoms with van der Waals surface area (Å²) >= 11 is 1.44. The van der Waals surface area contributed by atoms with Crippen molar-refractivity contribution in [2.45, 2.75) is 26.7 Å². The summed E-state index contributed by atoms with van der Waals surface area (Å²) in [5.74, 6) is 0.848. The second-order valence-corrected chi connectivity index (χ2v) is 4.69. The molecule has 1 aromatic heterocycles. The van der Waals surface area contributed by atoms with Gasteiger partial charge in [-0.25, -0.2) is 0 Å². The van der Waals surface area contributed by atoms with E-state index in [2.05, 4.69) is 21.2 Å². The van der Waals surface area contributed by atoms with Gasteiger partial charge in [-0.2, -0.15) is 4.98 Å². The highest BCUT2D eigenvalue weighted by Crippen LogP contribution is 2.26. The largest absolute Gasteiger partial charge is 0.463 e. The van der Waals surface area contributed by atoms with Gasteiger partial charge in [0.05, 0.1) is 6.61 Å². The highest BCUT2D eigenvalue weighted by Gasteiger charge is 2.19. The first kappa shape index (κ1) is 10.7. The van der Waals surface area contributed by atoms with Crippen LogP contribution in [0.25, 0.3) is 0 Å². The van der Waals surface area contributed by atoms with E-state index < -0.39 is 0 Å². The van der Waals surface area contributed by atoms with Crippen LogP contribution in [0.5, 0.6) is 6.01 Å². The molecule has 5 heteroatoms. The Hall–Kier alpha value is -0.840. The van der Waals surface area contributed by atoms with E-state index in [1.807, 2.05) is 6.92 Å². The molecular weight excluding hydrogens is 210 g/mol. The number of ether oxygens (including phenoxy) is 1. The first-order chi connectivity index (χ1) is 7.29. The van der Waals surface area contributed by atoms with E-state index in [1.54, 1.807) is 0 Å². The van der Waals surface area contributed by atoms with Gasteiger partial charge in [-0.05, 0) is 25.7 Å². The van der Waals surface area contributed by atoms with Crippen LogP contribution in [0.2, 0.25) is 0 Å². The molecule has 0 aromatic carbocycles. The number of nitrogens with zero attached hydrogens (tertiary/aromatic N) is 3. The van der Waals surface area contributed by atoms with E-state index in [4.69, 9.17) is 4.74 Å². The van der Waals surface area contributed by atoms with Crippen LogP contribution in [-0.4, -0.2) is 29.1 Å². The molecule has 0 radical (unpaired) electrons. The molecule has 0 atom stereocenters. The molecule has 1 aliphatic heterocycles. The van der Waals surface area contributed by atoms with Gasteiger partial charge in [0.1, 0.15) is 0 Å². The molecule has 15 heavy (non-hydrogen) atoms. The lowest BCUT2D eigenvalue weighted by molar-refractivity contribution is 0.317. The molecule has 1 fully saturated rings. The third kappa shape index (κ3) is 2.59. The molecule has 2 rings (SSSR count). The van der Waals surface area contributed by atoms with Gasteiger partial charge < -0.3 is 9.64 Å². The molecule has 0 N–H and O–H groups in total. The van der Waals surface area contributed by atoms with Gasteiger partial charge in [0.15, 0.2) is 0 Å². The Morgan fingerprint density at radius 2 is 2.20 bits per heavy atom. The normalized spacial score (nSPS) is 18.1. The maximum atomic E-state index is 5.26. The molecule has 4 nitrogen and oxygen atoms in total. The fraction of sp³-hybridized carbons (Fsp3) is 0.800. The van der Waals surface area contributed by atoms with Crippen molar-refractivity contribution in [1.29, 1.82) is 0 Å². The summed E-state index contributed by atoms with van der Waals surface area (Å²) in [4.78, 5) is 6.67. The van der Waals surface area contributed by atoms with Crippen molar-refractivity contribution in [3.8, 4) is 6.01 Å². The zero-order chi connectivity index (χ0) is 10.7. The molecule has 0 saturated carbocycles. The van der Waals surface area contributed by atoms with Crippen LogP contribution in [0.1, 0.15) is 26.7 Å². The van der Waals surface area contributed by atoms with Gasteiger partial charge in [0, 0.05) is 24.6 Å². The Morgan fingerprint density at radius 3 is 2.87 bits per heavy atom. The minimum absolute atomic E-state index is 0.524. The lowest BCUT2D eigenvalue weighted by atomic mass is 10.00. The topological polar surface area (TPSA) is 38.2 Å². The lowest BCUT2D eigenvalue weighted by Gasteiger charge is -2.29. The van der Waals surface area contributed by atoms with Gasteiger partial charge >= 0.3 is 6.01 Å². The Balaban J connectivity index is 1.96. The minimum Gasteiger partial charge on any atom is -0.463 e. The summed E-state index contributed by atoms with van der Waals surface area (Å²) in [6, 6.07) is 0.524. The maximum Gasteiger partial charge on any atom is 0.330 e. The smallest absolute Gasteiger partial charge is 0.330 e. The van der Waals surface area contributed by atoms with Crippen LogP contribution in [0.15, 0.2) is 0 Å². The van der Waals surface area contributed by atoms with Gasteiger partial charge in [-0.3, -0.25) is 0 Å². The molecule has 1 saturated heterocycles. The molecule has 84 valence electrons. The second-order valence-electron chi connectivity index (χ2n) is 3.96. The van der Waals surface area contributed by atoms with Gasteiger partial charge in [0.2, 0.25) is 5.13 Å². The quantitative estimate of drug-likeness (QED) is 0.793. The minimum atomic E-state index is 0.524. The van der Waals surface area contributed by atoms with Crippen LogP contribution >= 0.6 is 11.5 Å². The second kappa shape index (κ2) is 4.79. The fourth-order valence-corrected chi connectivity index (χ4v) is 2.39. The third-order valence-electron chi connectivity index (χ3n) is 2.72. The van der Waals surface area contributed by atoms with Crippen LogP contribution < -0.4 is 9.64 Å². The Bertz CT molecular complexity index is 307. The summed E-state index contributed by atoms with van der Waals surface area (Å²) < 4.78 is 9.43. The lowest BCUT2D eigenvalue weighted by Crippen LogP contribution is -2.32. The number of rotatable bonds is 3. The first-order valence-electron chi connectivity index (χ1n) is 5.51. The molecule has 1 aromatic rings. The predicted molar refractivity (Wildman–Crippen MR) is 61.7 cm³/mol. The molecule has 0 unspecified atom stereocenters. The summed E-state index contributed by atoms with van der Waals surface area (Å²) in [6.45, 7) is 7.09. The standard InChI is InChI=1S/C10H17N3OS/c1-3-14-9-11-10(15-12-9)13-6-4-8(2)5-7-13/h8H,3-7H2,1-2H3. The number of hydrogen-bond donors (Lipinski definition) is 0. The van der Waals surface area contributed by atoms with Crippen molar-refractivity contribution >= 4 is 16.7 Å². The molecule has 2 heterocycles. The molecule has 0 spiro atoms. The molecule has 0 aliphatic carbocycles. The van der Waals surface area contributed by atoms with Crippen LogP contribution in [0.4, 0.5) is 5.13 Å². The van der Waals surface area contributed by atoms with Gasteiger partial charge in [-0.1, -0.05) is 6.92 Å². The fourth-order valence-electron chi connectivity index (χ4n) is 1.72. The summed E-state index contributed by atoms with van der Waals surface area (Å²) in [7, 11) is 0. The molecule has 0 bridgehead atoms. The van der Waals surface area contributed by atoms with Crippen molar-refractivity contribution in [1.82, 2.24) is 9.36 Å². The zero-order valence-corrected chi connectivity index (χ0v) is 10.1. The van der Waals surface area contributed by atoms with E-state index in [-0.39, 0.29) is 0 Å². The van der Waals surface area contributed by atoms with Crippen molar-refractivity contribution in [2.24, 2.45) is 5.92 Å². The molecular formula is C10H17N3OS. The van der Waals surface area contributed by atoms with E-state index in [9.17, 15) is 0 Å². The summed E-state index contributed by atoms with van der Waals surface area (Å²) in [6.07, 6.45) is 2.51. The van der Waals surface area contributed by atoms with E-state index in [0.29, 0.717) is 12.6 Å². The number of hydrogen-bond acceptors (Lipinski definition) is 5. The van der Waals surface area contributed by atoms with Crippen molar-refractivity contribution in [3.63, 3.8) is 0 Å². The average Bonchev–Trinajstić information content (AvgIpc) is 2.68. The van der Waals surface area contributed by atoms with Crippen molar-refractivity contribution in [2.75, 3.05) is 24.6 Å². The SMILES string of the molecule is CCOc1nsc(N2CCC(C)CC2)n1. The van der Waals surface area contributed by atoms with Crippen LogP contribution in [-0.2, 0) is 0 Å². The summed E-state index contributed by atoms with van der Waals surface area (Å²) in [5, 5.41) is 1.00. The van der Waals surface area contributed by atoms with Crippen molar-refractivity contribution < 1.29 is 4.74 Å². The number of aromatic nitrogens is 2. The highest BCUT2D eigenvalue weighted by atomic mass is 32.1. The first-order valence-corrected chi connectivity index (χ1v) is 6.28. The highest BCUT2D eigenvalue weighted by molar-refractivity contribution is 7.09. The van der Waals surface area contributed by atoms with Crippen LogP contribution in [0, 0.1) is 5.92 Å². The molecule has 0 amide bonds. The van der Waals surface area contributed by atoms with E-state index in [0.717, 1.165) is 24.1 Å². The predicted octanol–water partition coefficient (Wildman–Crippen LogP) is 2.17. The zero-order valence-electron chi connectivity index (χ0n) is 9.27. The van der Waals surface area contributed by atoms with Gasteiger partial charge in [-0.15, -0.1) is 4.37 Å². The number of anilines is 1. The Kier molecular flexibility index (Phi) is 3.41. The van der Waals surface area contributed by atoms with Crippen LogP contribution in [0.3, 0.4) is 0 Å². The summed E-state index contributed by atoms with van der Waals surface area (Å²) in [5.41, 5.74) is 0. The average molecular weight is 227 g/mol. The van der Waals surface area contributed by atoms with E-state index in [1.165, 1.54) is 24.4 Å². The monoisotopic (exact) mass is 227 g/mol. The third-order valence-corrected chi connectivity index (χ3v) is 3.48. The Morgan fingerprint density at radius 1 is 1.47 bits per heavy atom. The van der Waals surface area contributed by atoms with Gasteiger partial charge in [0.25, 0.3) is 0 Å².